The third-order valence-corrected chi connectivity index (χ3v) is 4.28. The summed E-state index contributed by atoms with van der Waals surface area (Å²) in [4.78, 5) is 6.23. The molecule has 0 atom stereocenters. The first-order valence-electron chi connectivity index (χ1n) is 6.51. The van der Waals surface area contributed by atoms with Crippen LogP contribution in [0.2, 0.25) is 0 Å². The second kappa shape index (κ2) is 5.78. The van der Waals surface area contributed by atoms with E-state index in [4.69, 9.17) is 4.98 Å². The van der Waals surface area contributed by atoms with Crippen LogP contribution in [0.15, 0.2) is 0 Å². The summed E-state index contributed by atoms with van der Waals surface area (Å²) >= 11 is 1.90. The van der Waals surface area contributed by atoms with Crippen molar-refractivity contribution in [3.63, 3.8) is 0 Å². The molecule has 0 radical (unpaired) electrons. The number of rotatable bonds is 7. The Balaban J connectivity index is 1.86. The summed E-state index contributed by atoms with van der Waals surface area (Å²) in [5, 5.41) is 4.80. The van der Waals surface area contributed by atoms with E-state index in [0.717, 1.165) is 25.3 Å². The molecule has 0 unspecified atom stereocenters. The molecule has 0 spiro atoms. The molecule has 90 valence electrons. The molecule has 3 heteroatoms. The molecule has 1 heterocycles. The van der Waals surface area contributed by atoms with Crippen molar-refractivity contribution >= 4 is 11.3 Å². The van der Waals surface area contributed by atoms with Gasteiger partial charge in [0.05, 0.1) is 5.69 Å². The third-order valence-electron chi connectivity index (χ3n) is 3.04. The number of aryl methyl sites for hydroxylation is 2. The minimum atomic E-state index is 0.959. The van der Waals surface area contributed by atoms with Gasteiger partial charge in [0.2, 0.25) is 0 Å². The van der Waals surface area contributed by atoms with Crippen LogP contribution in [0.1, 0.15) is 48.7 Å². The van der Waals surface area contributed by atoms with Crippen LogP contribution >= 0.6 is 11.3 Å². The fourth-order valence-electron chi connectivity index (χ4n) is 1.93. The summed E-state index contributed by atoms with van der Waals surface area (Å²) in [7, 11) is 0. The van der Waals surface area contributed by atoms with Gasteiger partial charge in [-0.3, -0.25) is 0 Å². The maximum Gasteiger partial charge on any atom is 0.107 e. The van der Waals surface area contributed by atoms with Crippen LogP contribution in [0.25, 0.3) is 0 Å². The van der Waals surface area contributed by atoms with Gasteiger partial charge in [-0.1, -0.05) is 20.3 Å². The second-order valence-electron chi connectivity index (χ2n) is 4.66. The summed E-state index contributed by atoms with van der Waals surface area (Å²) in [5.41, 5.74) is 1.35. The van der Waals surface area contributed by atoms with Crippen molar-refractivity contribution in [2.45, 2.75) is 52.5 Å². The molecule has 1 aromatic heterocycles. The van der Waals surface area contributed by atoms with Gasteiger partial charge in [-0.25, -0.2) is 4.98 Å². The van der Waals surface area contributed by atoms with Crippen molar-refractivity contribution in [2.24, 2.45) is 5.92 Å². The lowest BCUT2D eigenvalue weighted by atomic mass is 10.2. The van der Waals surface area contributed by atoms with Gasteiger partial charge < -0.3 is 5.32 Å². The van der Waals surface area contributed by atoms with E-state index in [1.165, 1.54) is 41.4 Å². The standard InChI is InChI=1S/C13H22N2S/c1-3-5-11-12(4-2)16-13(15-11)9-14-8-10-6-7-10/h10,14H,3-9H2,1-2H3. The highest BCUT2D eigenvalue weighted by Gasteiger charge is 2.20. The average molecular weight is 238 g/mol. The van der Waals surface area contributed by atoms with Crippen LogP contribution in [-0.4, -0.2) is 11.5 Å². The predicted molar refractivity (Wildman–Crippen MR) is 69.9 cm³/mol. The van der Waals surface area contributed by atoms with Crippen molar-refractivity contribution in [2.75, 3.05) is 6.54 Å². The lowest BCUT2D eigenvalue weighted by molar-refractivity contribution is 0.635. The highest BCUT2D eigenvalue weighted by atomic mass is 32.1. The van der Waals surface area contributed by atoms with Gasteiger partial charge in [0.15, 0.2) is 0 Å². The Labute approximate surface area is 102 Å². The molecule has 0 aromatic carbocycles. The zero-order chi connectivity index (χ0) is 11.4. The first kappa shape index (κ1) is 12.1. The number of hydrogen-bond acceptors (Lipinski definition) is 3. The van der Waals surface area contributed by atoms with Crippen LogP contribution in [0.4, 0.5) is 0 Å². The van der Waals surface area contributed by atoms with Crippen molar-refractivity contribution < 1.29 is 0 Å². The Morgan fingerprint density at radius 3 is 2.81 bits per heavy atom. The number of nitrogens with zero attached hydrogens (tertiary/aromatic N) is 1. The van der Waals surface area contributed by atoms with E-state index in [1.54, 1.807) is 0 Å². The number of thiazole rings is 1. The van der Waals surface area contributed by atoms with Gasteiger partial charge in [0.25, 0.3) is 0 Å². The number of aromatic nitrogens is 1. The van der Waals surface area contributed by atoms with Crippen LogP contribution in [0, 0.1) is 5.92 Å². The van der Waals surface area contributed by atoms with Crippen molar-refractivity contribution in [3.05, 3.63) is 15.6 Å². The van der Waals surface area contributed by atoms with E-state index in [1.807, 2.05) is 11.3 Å². The van der Waals surface area contributed by atoms with Gasteiger partial charge in [0.1, 0.15) is 5.01 Å². The maximum absolute atomic E-state index is 4.74. The molecule has 1 fully saturated rings. The molecular weight excluding hydrogens is 216 g/mol. The Hall–Kier alpha value is -0.410. The Kier molecular flexibility index (Phi) is 4.36. The average Bonchev–Trinajstić information content (AvgIpc) is 3.01. The van der Waals surface area contributed by atoms with E-state index in [0.29, 0.717) is 0 Å². The molecular formula is C13H22N2S. The monoisotopic (exact) mass is 238 g/mol. The zero-order valence-electron chi connectivity index (χ0n) is 10.4. The van der Waals surface area contributed by atoms with Gasteiger partial charge in [-0.2, -0.15) is 0 Å². The van der Waals surface area contributed by atoms with Gasteiger partial charge in [0, 0.05) is 11.4 Å². The van der Waals surface area contributed by atoms with Crippen molar-refractivity contribution in [3.8, 4) is 0 Å². The smallest absolute Gasteiger partial charge is 0.107 e. The van der Waals surface area contributed by atoms with E-state index in [9.17, 15) is 0 Å². The van der Waals surface area contributed by atoms with E-state index in [-0.39, 0.29) is 0 Å². The lowest BCUT2D eigenvalue weighted by Crippen LogP contribution is -2.15. The van der Waals surface area contributed by atoms with Gasteiger partial charge in [-0.05, 0) is 38.1 Å². The fourth-order valence-corrected chi connectivity index (χ4v) is 2.95. The molecule has 0 amide bonds. The van der Waals surface area contributed by atoms with E-state index < -0.39 is 0 Å². The fraction of sp³-hybridized carbons (Fsp3) is 0.769. The normalized spacial score (nSPS) is 15.6. The first-order chi connectivity index (χ1) is 7.83. The largest absolute Gasteiger partial charge is 0.310 e. The summed E-state index contributed by atoms with van der Waals surface area (Å²) in [5.74, 6) is 0.959. The molecule has 1 aliphatic rings. The number of nitrogens with one attached hydrogen (secondary N) is 1. The highest BCUT2D eigenvalue weighted by Crippen LogP contribution is 2.28. The highest BCUT2D eigenvalue weighted by molar-refractivity contribution is 7.11. The van der Waals surface area contributed by atoms with Gasteiger partial charge >= 0.3 is 0 Å². The molecule has 2 rings (SSSR count). The summed E-state index contributed by atoms with van der Waals surface area (Å²) in [6.07, 6.45) is 6.32. The Morgan fingerprint density at radius 2 is 2.19 bits per heavy atom. The minimum absolute atomic E-state index is 0.959. The zero-order valence-corrected chi connectivity index (χ0v) is 11.2. The molecule has 0 bridgehead atoms. The Morgan fingerprint density at radius 1 is 1.38 bits per heavy atom. The third kappa shape index (κ3) is 3.29. The van der Waals surface area contributed by atoms with Crippen LogP contribution in [0.5, 0.6) is 0 Å². The van der Waals surface area contributed by atoms with Crippen molar-refractivity contribution in [1.29, 1.82) is 0 Å². The molecule has 16 heavy (non-hydrogen) atoms. The molecule has 0 aliphatic heterocycles. The van der Waals surface area contributed by atoms with Crippen LogP contribution in [-0.2, 0) is 19.4 Å². The minimum Gasteiger partial charge on any atom is -0.310 e. The van der Waals surface area contributed by atoms with E-state index in [2.05, 4.69) is 19.2 Å². The topological polar surface area (TPSA) is 24.9 Å². The quantitative estimate of drug-likeness (QED) is 0.789. The number of hydrogen-bond donors (Lipinski definition) is 1. The molecule has 1 aromatic rings. The molecule has 1 saturated carbocycles. The second-order valence-corrected chi connectivity index (χ2v) is 5.82. The van der Waals surface area contributed by atoms with E-state index >= 15 is 0 Å². The van der Waals surface area contributed by atoms with Gasteiger partial charge in [-0.15, -0.1) is 11.3 Å². The summed E-state index contributed by atoms with van der Waals surface area (Å²) in [6, 6.07) is 0. The summed E-state index contributed by atoms with van der Waals surface area (Å²) < 4.78 is 0. The SMILES string of the molecule is CCCc1nc(CNCC2CC2)sc1CC. The molecule has 2 nitrogen and oxygen atoms in total. The lowest BCUT2D eigenvalue weighted by Gasteiger charge is -1.98. The Bertz CT molecular complexity index is 329. The predicted octanol–water partition coefficient (Wildman–Crippen LogP) is 3.16. The van der Waals surface area contributed by atoms with Crippen molar-refractivity contribution in [1.82, 2.24) is 10.3 Å². The summed E-state index contributed by atoms with van der Waals surface area (Å²) in [6.45, 7) is 6.61. The first-order valence-corrected chi connectivity index (χ1v) is 7.33. The molecule has 1 N–H and O–H groups in total. The molecule has 1 aliphatic carbocycles. The van der Waals surface area contributed by atoms with Crippen LogP contribution < -0.4 is 5.32 Å². The maximum atomic E-state index is 4.74. The van der Waals surface area contributed by atoms with Crippen LogP contribution in [0.3, 0.4) is 0 Å². The molecule has 0 saturated heterocycles.